The number of guanidine groups is 1. The lowest BCUT2D eigenvalue weighted by molar-refractivity contribution is -0.131. The number of nitrogens with one attached hydrogen (secondary N) is 2. The summed E-state index contributed by atoms with van der Waals surface area (Å²) < 4.78 is 13.7. The summed E-state index contributed by atoms with van der Waals surface area (Å²) in [5.74, 6) is 0.435. The molecule has 1 heterocycles. The molecule has 2 N–H and O–H groups in total. The average Bonchev–Trinajstić information content (AvgIpc) is 2.77. The number of hydrogen-bond acceptors (Lipinski definition) is 3. The SMILES string of the molecule is CN=C(NCCC(=O)N1CCN(c2ccccc2)CC1)NCc1ccccc1F. The van der Waals surface area contributed by atoms with E-state index in [9.17, 15) is 9.18 Å². The van der Waals surface area contributed by atoms with Crippen molar-refractivity contribution in [2.45, 2.75) is 13.0 Å². The molecule has 7 heteroatoms. The van der Waals surface area contributed by atoms with Crippen molar-refractivity contribution in [1.29, 1.82) is 0 Å². The number of piperazine rings is 1. The van der Waals surface area contributed by atoms with Crippen molar-refractivity contribution >= 4 is 17.6 Å². The van der Waals surface area contributed by atoms with E-state index in [0.29, 0.717) is 31.0 Å². The highest BCUT2D eigenvalue weighted by molar-refractivity contribution is 5.81. The number of rotatable bonds is 6. The summed E-state index contributed by atoms with van der Waals surface area (Å²) in [5, 5.41) is 6.19. The van der Waals surface area contributed by atoms with Crippen molar-refractivity contribution in [1.82, 2.24) is 15.5 Å². The van der Waals surface area contributed by atoms with Gasteiger partial charge in [-0.3, -0.25) is 9.79 Å². The van der Waals surface area contributed by atoms with E-state index in [4.69, 9.17) is 0 Å². The van der Waals surface area contributed by atoms with E-state index in [1.165, 1.54) is 11.8 Å². The summed E-state index contributed by atoms with van der Waals surface area (Å²) >= 11 is 0. The fraction of sp³-hybridized carbons (Fsp3) is 0.364. The van der Waals surface area contributed by atoms with Gasteiger partial charge in [-0.2, -0.15) is 0 Å². The third-order valence-electron chi connectivity index (χ3n) is 5.01. The molecule has 0 saturated carbocycles. The molecule has 1 fully saturated rings. The second-order valence-electron chi connectivity index (χ2n) is 6.90. The largest absolute Gasteiger partial charge is 0.368 e. The Kier molecular flexibility index (Phi) is 7.44. The smallest absolute Gasteiger partial charge is 0.224 e. The summed E-state index contributed by atoms with van der Waals surface area (Å²) in [6.45, 7) is 3.96. The molecule has 0 radical (unpaired) electrons. The van der Waals surface area contributed by atoms with Gasteiger partial charge in [0.2, 0.25) is 5.91 Å². The van der Waals surface area contributed by atoms with Crippen LogP contribution in [0.25, 0.3) is 0 Å². The molecule has 1 aliphatic rings. The minimum absolute atomic E-state index is 0.134. The molecule has 0 unspecified atom stereocenters. The van der Waals surface area contributed by atoms with E-state index in [1.807, 2.05) is 23.1 Å². The van der Waals surface area contributed by atoms with Crippen LogP contribution in [0.2, 0.25) is 0 Å². The van der Waals surface area contributed by atoms with Crippen molar-refractivity contribution in [3.05, 3.63) is 66.0 Å². The number of halogens is 1. The van der Waals surface area contributed by atoms with Gasteiger partial charge in [-0.05, 0) is 18.2 Å². The number of carbonyl (C=O) groups is 1. The number of nitrogens with zero attached hydrogens (tertiary/aromatic N) is 3. The maximum absolute atomic E-state index is 13.7. The lowest BCUT2D eigenvalue weighted by Crippen LogP contribution is -2.49. The molecule has 0 aliphatic carbocycles. The second-order valence-corrected chi connectivity index (χ2v) is 6.90. The van der Waals surface area contributed by atoms with Gasteiger partial charge in [-0.15, -0.1) is 0 Å². The molecule has 2 aromatic carbocycles. The fourth-order valence-electron chi connectivity index (χ4n) is 3.34. The van der Waals surface area contributed by atoms with Gasteiger partial charge >= 0.3 is 0 Å². The lowest BCUT2D eigenvalue weighted by Gasteiger charge is -2.36. The first-order chi connectivity index (χ1) is 14.2. The highest BCUT2D eigenvalue weighted by Gasteiger charge is 2.20. The molecule has 1 aliphatic heterocycles. The maximum atomic E-state index is 13.7. The van der Waals surface area contributed by atoms with Gasteiger partial charge in [0.1, 0.15) is 5.82 Å². The molecule has 6 nitrogen and oxygen atoms in total. The summed E-state index contributed by atoms with van der Waals surface area (Å²) in [7, 11) is 1.65. The van der Waals surface area contributed by atoms with Crippen molar-refractivity contribution in [3.63, 3.8) is 0 Å². The Hall–Kier alpha value is -3.09. The zero-order valence-electron chi connectivity index (χ0n) is 16.8. The fourth-order valence-corrected chi connectivity index (χ4v) is 3.34. The van der Waals surface area contributed by atoms with Gasteiger partial charge in [0.15, 0.2) is 5.96 Å². The van der Waals surface area contributed by atoms with Crippen LogP contribution in [-0.4, -0.2) is 56.5 Å². The number of carbonyl (C=O) groups excluding carboxylic acids is 1. The molecule has 0 atom stereocenters. The van der Waals surface area contributed by atoms with Crippen molar-refractivity contribution < 1.29 is 9.18 Å². The van der Waals surface area contributed by atoms with Crippen LogP contribution in [0.3, 0.4) is 0 Å². The third kappa shape index (κ3) is 5.94. The van der Waals surface area contributed by atoms with E-state index in [-0.39, 0.29) is 11.7 Å². The predicted octanol–water partition coefficient (Wildman–Crippen LogP) is 2.23. The maximum Gasteiger partial charge on any atom is 0.224 e. The summed E-state index contributed by atoms with van der Waals surface area (Å²) in [5.41, 5.74) is 1.77. The van der Waals surface area contributed by atoms with Gasteiger partial charge in [-0.1, -0.05) is 36.4 Å². The lowest BCUT2D eigenvalue weighted by atomic mass is 10.2. The van der Waals surface area contributed by atoms with Crippen LogP contribution in [0.1, 0.15) is 12.0 Å². The number of amides is 1. The Bertz CT molecular complexity index is 819. The predicted molar refractivity (Wildman–Crippen MR) is 114 cm³/mol. The zero-order chi connectivity index (χ0) is 20.5. The van der Waals surface area contributed by atoms with Crippen LogP contribution in [-0.2, 0) is 11.3 Å². The molecule has 0 aromatic heterocycles. The van der Waals surface area contributed by atoms with Gasteiger partial charge in [-0.25, -0.2) is 4.39 Å². The van der Waals surface area contributed by atoms with Crippen molar-refractivity contribution in [2.24, 2.45) is 4.99 Å². The van der Waals surface area contributed by atoms with Crippen molar-refractivity contribution in [2.75, 3.05) is 44.7 Å². The summed E-state index contributed by atoms with van der Waals surface area (Å²) in [4.78, 5) is 20.8. The minimum Gasteiger partial charge on any atom is -0.368 e. The monoisotopic (exact) mass is 397 g/mol. The van der Waals surface area contributed by atoms with Crippen LogP contribution in [0.5, 0.6) is 0 Å². The number of hydrogen-bond donors (Lipinski definition) is 2. The average molecular weight is 397 g/mol. The van der Waals surface area contributed by atoms with E-state index in [0.717, 1.165) is 26.2 Å². The Labute approximate surface area is 171 Å². The molecular weight excluding hydrogens is 369 g/mol. The van der Waals surface area contributed by atoms with E-state index < -0.39 is 0 Å². The molecule has 154 valence electrons. The minimum atomic E-state index is -0.250. The van der Waals surface area contributed by atoms with Crippen LogP contribution < -0.4 is 15.5 Å². The quantitative estimate of drug-likeness (QED) is 0.580. The Morgan fingerprint density at radius 1 is 1.00 bits per heavy atom. The zero-order valence-corrected chi connectivity index (χ0v) is 16.8. The molecule has 2 aromatic rings. The standard InChI is InChI=1S/C22H28FN5O/c1-24-22(26-17-18-7-5-6-10-20(18)23)25-12-11-21(29)28-15-13-27(14-16-28)19-8-3-2-4-9-19/h2-10H,11-17H2,1H3,(H2,24,25,26). The number of aliphatic imine (C=N–C) groups is 1. The van der Waals surface area contributed by atoms with Crippen molar-refractivity contribution in [3.8, 4) is 0 Å². The van der Waals surface area contributed by atoms with Crippen LogP contribution in [0.15, 0.2) is 59.6 Å². The van der Waals surface area contributed by atoms with Crippen LogP contribution >= 0.6 is 0 Å². The number of anilines is 1. The highest BCUT2D eigenvalue weighted by Crippen LogP contribution is 2.15. The first kappa shape index (κ1) is 20.6. The van der Waals surface area contributed by atoms with Gasteiger partial charge in [0, 0.05) is 64.0 Å². The molecule has 29 heavy (non-hydrogen) atoms. The Morgan fingerprint density at radius 3 is 2.38 bits per heavy atom. The highest BCUT2D eigenvalue weighted by atomic mass is 19.1. The molecular formula is C22H28FN5O. The van der Waals surface area contributed by atoms with Crippen LogP contribution in [0.4, 0.5) is 10.1 Å². The first-order valence-corrected chi connectivity index (χ1v) is 9.93. The Balaban J connectivity index is 1.37. The summed E-state index contributed by atoms with van der Waals surface area (Å²) in [6.07, 6.45) is 0.395. The van der Waals surface area contributed by atoms with E-state index >= 15 is 0 Å². The van der Waals surface area contributed by atoms with Gasteiger partial charge in [0.05, 0.1) is 0 Å². The van der Waals surface area contributed by atoms with E-state index in [1.54, 1.807) is 25.2 Å². The Morgan fingerprint density at radius 2 is 1.69 bits per heavy atom. The molecule has 0 spiro atoms. The molecule has 1 saturated heterocycles. The first-order valence-electron chi connectivity index (χ1n) is 9.93. The second kappa shape index (κ2) is 10.5. The normalized spacial score (nSPS) is 14.6. The topological polar surface area (TPSA) is 60.0 Å². The van der Waals surface area contributed by atoms with Gasteiger partial charge < -0.3 is 20.4 Å². The number of para-hydroxylation sites is 1. The number of benzene rings is 2. The molecule has 3 rings (SSSR count). The van der Waals surface area contributed by atoms with E-state index in [2.05, 4.69) is 32.7 Å². The summed E-state index contributed by atoms with van der Waals surface area (Å²) in [6, 6.07) is 16.9. The van der Waals surface area contributed by atoms with Gasteiger partial charge in [0.25, 0.3) is 0 Å². The van der Waals surface area contributed by atoms with Crippen LogP contribution in [0, 0.1) is 5.82 Å². The third-order valence-corrected chi connectivity index (χ3v) is 5.01. The molecule has 0 bridgehead atoms. The molecule has 1 amide bonds.